The van der Waals surface area contributed by atoms with Crippen molar-refractivity contribution >= 4 is 11.6 Å². The van der Waals surface area contributed by atoms with Crippen molar-refractivity contribution in [1.82, 2.24) is 4.90 Å². The van der Waals surface area contributed by atoms with Crippen molar-refractivity contribution in [2.24, 2.45) is 5.92 Å². The van der Waals surface area contributed by atoms with E-state index in [1.54, 1.807) is 7.11 Å². The zero-order valence-corrected chi connectivity index (χ0v) is 16.3. The lowest BCUT2D eigenvalue weighted by molar-refractivity contribution is 0.0606. The number of benzene rings is 2. The van der Waals surface area contributed by atoms with Gasteiger partial charge in [-0.2, -0.15) is 0 Å². The van der Waals surface area contributed by atoms with Crippen LogP contribution in [0.4, 0.5) is 5.69 Å². The molecule has 0 radical (unpaired) electrons. The van der Waals surface area contributed by atoms with E-state index in [0.717, 1.165) is 23.4 Å². The van der Waals surface area contributed by atoms with Crippen LogP contribution in [0.3, 0.4) is 0 Å². The highest BCUT2D eigenvalue weighted by Gasteiger charge is 2.33. The molecular weight excluding hydrogens is 340 g/mol. The Labute approximate surface area is 161 Å². The number of nitrogens with zero attached hydrogens (tertiary/aromatic N) is 1. The molecule has 0 aliphatic carbocycles. The summed E-state index contributed by atoms with van der Waals surface area (Å²) in [6.07, 6.45) is 0.694. The molecule has 1 aliphatic rings. The maximum absolute atomic E-state index is 13.1. The zero-order chi connectivity index (χ0) is 19.2. The van der Waals surface area contributed by atoms with E-state index in [1.807, 2.05) is 53.4 Å². The first kappa shape index (κ1) is 19.2. The van der Waals surface area contributed by atoms with Crippen LogP contribution in [-0.4, -0.2) is 37.7 Å². The van der Waals surface area contributed by atoms with Crippen LogP contribution in [0, 0.1) is 5.92 Å². The standard InChI is InChI=1S/C22H28N2O3/c1-16(2)12-14-27-20-11-7-5-9-18(20)21-23-19-10-6-4-8-17(19)22(25)24(21)13-15-26-3/h4-11,16,21,23H,12-15H2,1-3H3. The molecule has 3 rings (SSSR count). The number of ether oxygens (including phenoxy) is 2. The number of anilines is 1. The smallest absolute Gasteiger partial charge is 0.257 e. The van der Waals surface area contributed by atoms with Crippen LogP contribution >= 0.6 is 0 Å². The van der Waals surface area contributed by atoms with E-state index in [-0.39, 0.29) is 12.1 Å². The topological polar surface area (TPSA) is 50.8 Å². The average Bonchev–Trinajstić information content (AvgIpc) is 2.67. The molecule has 2 aromatic rings. The second kappa shape index (κ2) is 8.91. The van der Waals surface area contributed by atoms with Crippen molar-refractivity contribution in [2.75, 3.05) is 32.2 Å². The number of methoxy groups -OCH3 is 1. The quantitative estimate of drug-likeness (QED) is 0.754. The van der Waals surface area contributed by atoms with Gasteiger partial charge in [0.15, 0.2) is 0 Å². The summed E-state index contributed by atoms with van der Waals surface area (Å²) in [6, 6.07) is 15.5. The largest absolute Gasteiger partial charge is 0.493 e. The molecule has 0 aromatic heterocycles. The fourth-order valence-corrected chi connectivity index (χ4v) is 3.20. The van der Waals surface area contributed by atoms with Crippen LogP contribution in [0.1, 0.15) is 42.4 Å². The molecule has 1 heterocycles. The van der Waals surface area contributed by atoms with E-state index in [0.29, 0.717) is 31.2 Å². The van der Waals surface area contributed by atoms with Crippen LogP contribution in [0.2, 0.25) is 0 Å². The SMILES string of the molecule is COCCN1C(=O)c2ccccc2NC1c1ccccc1OCCC(C)C. The van der Waals surface area contributed by atoms with Crippen molar-refractivity contribution in [2.45, 2.75) is 26.4 Å². The Bertz CT molecular complexity index is 776. The number of carbonyl (C=O) groups excluding carboxylic acids is 1. The summed E-state index contributed by atoms with van der Waals surface area (Å²) in [5, 5.41) is 3.51. The minimum Gasteiger partial charge on any atom is -0.493 e. The molecule has 27 heavy (non-hydrogen) atoms. The van der Waals surface area contributed by atoms with Gasteiger partial charge in [-0.1, -0.05) is 44.2 Å². The summed E-state index contributed by atoms with van der Waals surface area (Å²) >= 11 is 0. The normalized spacial score (nSPS) is 16.2. The Kier molecular flexibility index (Phi) is 6.35. The molecule has 1 aliphatic heterocycles. The predicted octanol–water partition coefficient (Wildman–Crippen LogP) is 4.32. The van der Waals surface area contributed by atoms with Gasteiger partial charge in [-0.25, -0.2) is 0 Å². The van der Waals surface area contributed by atoms with Gasteiger partial charge in [-0.3, -0.25) is 4.79 Å². The van der Waals surface area contributed by atoms with E-state index >= 15 is 0 Å². The van der Waals surface area contributed by atoms with Crippen LogP contribution in [0.25, 0.3) is 0 Å². The van der Waals surface area contributed by atoms with E-state index in [2.05, 4.69) is 19.2 Å². The first-order valence-corrected chi connectivity index (χ1v) is 9.49. The summed E-state index contributed by atoms with van der Waals surface area (Å²) < 4.78 is 11.3. The molecule has 0 bridgehead atoms. The monoisotopic (exact) mass is 368 g/mol. The van der Waals surface area contributed by atoms with Gasteiger partial charge < -0.3 is 19.7 Å². The number of para-hydroxylation sites is 2. The van der Waals surface area contributed by atoms with Gasteiger partial charge in [0.1, 0.15) is 11.9 Å². The van der Waals surface area contributed by atoms with Crippen molar-refractivity contribution in [3.8, 4) is 5.75 Å². The van der Waals surface area contributed by atoms with Gasteiger partial charge in [0.05, 0.1) is 18.8 Å². The number of nitrogens with one attached hydrogen (secondary N) is 1. The van der Waals surface area contributed by atoms with Crippen LogP contribution < -0.4 is 10.1 Å². The number of rotatable bonds is 8. The van der Waals surface area contributed by atoms with Gasteiger partial charge in [0, 0.05) is 24.9 Å². The van der Waals surface area contributed by atoms with Crippen LogP contribution in [0.5, 0.6) is 5.75 Å². The van der Waals surface area contributed by atoms with Gasteiger partial charge in [0.2, 0.25) is 0 Å². The second-order valence-corrected chi connectivity index (χ2v) is 7.15. The summed E-state index contributed by atoms with van der Waals surface area (Å²) in [7, 11) is 1.65. The minimum atomic E-state index is -0.294. The predicted molar refractivity (Wildman–Crippen MR) is 107 cm³/mol. The van der Waals surface area contributed by atoms with E-state index < -0.39 is 0 Å². The Balaban J connectivity index is 1.92. The van der Waals surface area contributed by atoms with Crippen molar-refractivity contribution < 1.29 is 14.3 Å². The van der Waals surface area contributed by atoms with Gasteiger partial charge >= 0.3 is 0 Å². The molecule has 1 atom stereocenters. The third kappa shape index (κ3) is 4.42. The fourth-order valence-electron chi connectivity index (χ4n) is 3.20. The number of carbonyl (C=O) groups is 1. The fraction of sp³-hybridized carbons (Fsp3) is 0.409. The Hall–Kier alpha value is -2.53. The van der Waals surface area contributed by atoms with E-state index in [4.69, 9.17) is 9.47 Å². The highest BCUT2D eigenvalue weighted by Crippen LogP contribution is 2.36. The van der Waals surface area contributed by atoms with E-state index in [9.17, 15) is 4.79 Å². The summed E-state index contributed by atoms with van der Waals surface area (Å²) in [5.41, 5.74) is 2.49. The molecule has 0 spiro atoms. The summed E-state index contributed by atoms with van der Waals surface area (Å²) in [5.74, 6) is 1.39. The zero-order valence-electron chi connectivity index (χ0n) is 16.3. The lowest BCUT2D eigenvalue weighted by Gasteiger charge is -2.38. The molecule has 144 valence electrons. The van der Waals surface area contributed by atoms with Crippen LogP contribution in [-0.2, 0) is 4.74 Å². The van der Waals surface area contributed by atoms with Crippen molar-refractivity contribution in [3.63, 3.8) is 0 Å². The maximum atomic E-state index is 13.1. The number of hydrogen-bond donors (Lipinski definition) is 1. The molecule has 5 nitrogen and oxygen atoms in total. The molecule has 1 amide bonds. The molecule has 1 unspecified atom stereocenters. The maximum Gasteiger partial charge on any atom is 0.257 e. The lowest BCUT2D eigenvalue weighted by atomic mass is 10.0. The molecule has 0 saturated carbocycles. The molecular formula is C22H28N2O3. The van der Waals surface area contributed by atoms with Crippen molar-refractivity contribution in [1.29, 1.82) is 0 Å². The number of hydrogen-bond acceptors (Lipinski definition) is 4. The number of amides is 1. The molecule has 0 fully saturated rings. The lowest BCUT2D eigenvalue weighted by Crippen LogP contribution is -2.44. The molecule has 1 N–H and O–H groups in total. The Morgan fingerprint density at radius 1 is 1.07 bits per heavy atom. The van der Waals surface area contributed by atoms with Gasteiger partial charge in [0.25, 0.3) is 5.91 Å². The van der Waals surface area contributed by atoms with E-state index in [1.165, 1.54) is 0 Å². The average molecular weight is 368 g/mol. The Morgan fingerprint density at radius 2 is 1.81 bits per heavy atom. The first-order chi connectivity index (χ1) is 13.1. The number of fused-ring (bicyclic) bond motifs is 1. The molecule has 5 heteroatoms. The minimum absolute atomic E-state index is 0.00313. The summed E-state index contributed by atoms with van der Waals surface area (Å²) in [4.78, 5) is 14.9. The third-order valence-electron chi connectivity index (χ3n) is 4.72. The highest BCUT2D eigenvalue weighted by atomic mass is 16.5. The second-order valence-electron chi connectivity index (χ2n) is 7.15. The summed E-state index contributed by atoms with van der Waals surface area (Å²) in [6.45, 7) is 5.99. The highest BCUT2D eigenvalue weighted by molar-refractivity contribution is 6.01. The van der Waals surface area contributed by atoms with Gasteiger partial charge in [-0.05, 0) is 30.5 Å². The van der Waals surface area contributed by atoms with Crippen molar-refractivity contribution in [3.05, 3.63) is 59.7 Å². The molecule has 2 aromatic carbocycles. The van der Waals surface area contributed by atoms with Gasteiger partial charge in [-0.15, -0.1) is 0 Å². The Morgan fingerprint density at radius 3 is 2.59 bits per heavy atom. The first-order valence-electron chi connectivity index (χ1n) is 9.49. The third-order valence-corrected chi connectivity index (χ3v) is 4.72. The van der Waals surface area contributed by atoms with Crippen LogP contribution in [0.15, 0.2) is 48.5 Å². The molecule has 0 saturated heterocycles.